The number of nitrogens with zero attached hydrogens (tertiary/aromatic N) is 1. The summed E-state index contributed by atoms with van der Waals surface area (Å²) in [5.41, 5.74) is 3.76. The Balaban J connectivity index is 1.73. The Labute approximate surface area is 144 Å². The molecule has 23 heavy (non-hydrogen) atoms. The smallest absolute Gasteiger partial charge is 0.257 e. The second-order valence-corrected chi connectivity index (χ2v) is 6.34. The first-order chi connectivity index (χ1) is 11.2. The third kappa shape index (κ3) is 3.78. The molecule has 3 nitrogen and oxygen atoms in total. The molecule has 1 N–H and O–H groups in total. The van der Waals surface area contributed by atoms with Crippen LogP contribution in [-0.2, 0) is 6.42 Å². The molecule has 116 valence electrons. The van der Waals surface area contributed by atoms with Crippen LogP contribution < -0.4 is 5.32 Å². The van der Waals surface area contributed by atoms with E-state index in [0.29, 0.717) is 15.7 Å². The highest BCUT2D eigenvalue weighted by atomic mass is 35.5. The number of carbonyl (C=O) groups excluding carboxylic acids is 1. The summed E-state index contributed by atoms with van der Waals surface area (Å²) >= 11 is 7.24. The molecular weight excluding hydrogens is 328 g/mol. The van der Waals surface area contributed by atoms with Crippen molar-refractivity contribution < 1.29 is 4.79 Å². The maximum Gasteiger partial charge on any atom is 0.257 e. The molecule has 0 atom stereocenters. The third-order valence-electron chi connectivity index (χ3n) is 3.49. The monoisotopic (exact) mass is 342 g/mol. The van der Waals surface area contributed by atoms with Gasteiger partial charge in [-0.15, -0.1) is 11.3 Å². The van der Waals surface area contributed by atoms with Gasteiger partial charge in [0.05, 0.1) is 5.69 Å². The Kier molecular flexibility index (Phi) is 4.74. The van der Waals surface area contributed by atoms with Crippen molar-refractivity contribution in [3.8, 4) is 11.3 Å². The molecule has 2 aromatic carbocycles. The van der Waals surface area contributed by atoms with Crippen molar-refractivity contribution in [3.05, 3.63) is 70.1 Å². The van der Waals surface area contributed by atoms with E-state index in [9.17, 15) is 4.79 Å². The molecule has 0 aliphatic rings. The summed E-state index contributed by atoms with van der Waals surface area (Å²) in [6.07, 6.45) is 1.01. The fourth-order valence-electron chi connectivity index (χ4n) is 2.15. The van der Waals surface area contributed by atoms with Gasteiger partial charge >= 0.3 is 0 Å². The normalized spacial score (nSPS) is 10.5. The average molecular weight is 343 g/mol. The number of aromatic nitrogens is 1. The van der Waals surface area contributed by atoms with Crippen molar-refractivity contribution in [1.29, 1.82) is 0 Å². The summed E-state index contributed by atoms with van der Waals surface area (Å²) in [5, 5.41) is 5.95. The molecule has 5 heteroatoms. The summed E-state index contributed by atoms with van der Waals surface area (Å²) in [6.45, 7) is 2.13. The summed E-state index contributed by atoms with van der Waals surface area (Å²) in [5.74, 6) is -0.191. The third-order valence-corrected chi connectivity index (χ3v) is 4.50. The van der Waals surface area contributed by atoms with E-state index in [4.69, 9.17) is 11.6 Å². The van der Waals surface area contributed by atoms with Gasteiger partial charge in [-0.25, -0.2) is 4.98 Å². The summed E-state index contributed by atoms with van der Waals surface area (Å²) in [4.78, 5) is 16.6. The summed E-state index contributed by atoms with van der Waals surface area (Å²) in [6, 6.07) is 15.1. The van der Waals surface area contributed by atoms with Gasteiger partial charge in [0.25, 0.3) is 5.91 Å². The van der Waals surface area contributed by atoms with Gasteiger partial charge < -0.3 is 0 Å². The molecule has 0 fully saturated rings. The molecular formula is C18H15ClN2OS. The van der Waals surface area contributed by atoms with Gasteiger partial charge in [-0.2, -0.15) is 0 Å². The second-order valence-electron chi connectivity index (χ2n) is 5.05. The number of rotatable bonds is 4. The molecule has 1 heterocycles. The van der Waals surface area contributed by atoms with E-state index in [1.165, 1.54) is 16.9 Å². The van der Waals surface area contributed by atoms with E-state index >= 15 is 0 Å². The van der Waals surface area contributed by atoms with E-state index in [0.717, 1.165) is 17.7 Å². The van der Waals surface area contributed by atoms with Crippen LogP contribution in [0, 0.1) is 0 Å². The van der Waals surface area contributed by atoms with Gasteiger partial charge in [0.1, 0.15) is 0 Å². The van der Waals surface area contributed by atoms with E-state index < -0.39 is 0 Å². The molecule has 0 aliphatic carbocycles. The molecule has 0 unspecified atom stereocenters. The lowest BCUT2D eigenvalue weighted by atomic mass is 10.1. The Bertz CT molecular complexity index is 810. The zero-order chi connectivity index (χ0) is 16.2. The lowest BCUT2D eigenvalue weighted by Gasteiger charge is -2.02. The number of aryl methyl sites for hydroxylation is 1. The SMILES string of the molecule is CCc1ccc(-c2csc(NC(=O)c3ccc(Cl)cc3)n2)cc1. The maximum atomic E-state index is 12.2. The zero-order valence-corrected chi connectivity index (χ0v) is 14.1. The molecule has 0 saturated carbocycles. The Morgan fingerprint density at radius 1 is 1.13 bits per heavy atom. The van der Waals surface area contributed by atoms with E-state index in [-0.39, 0.29) is 5.91 Å². The second kappa shape index (κ2) is 6.94. The first-order valence-electron chi connectivity index (χ1n) is 7.27. The molecule has 0 aliphatic heterocycles. The van der Waals surface area contributed by atoms with Crippen LogP contribution in [0.3, 0.4) is 0 Å². The Hall–Kier alpha value is -2.17. The number of amides is 1. The van der Waals surface area contributed by atoms with Gasteiger partial charge in [-0.1, -0.05) is 42.8 Å². The fourth-order valence-corrected chi connectivity index (χ4v) is 2.99. The van der Waals surface area contributed by atoms with Gasteiger partial charge in [-0.05, 0) is 36.2 Å². The minimum absolute atomic E-state index is 0.191. The number of nitrogens with one attached hydrogen (secondary N) is 1. The average Bonchev–Trinajstić information content (AvgIpc) is 3.04. The van der Waals surface area contributed by atoms with Gasteiger partial charge in [-0.3, -0.25) is 10.1 Å². The lowest BCUT2D eigenvalue weighted by molar-refractivity contribution is 0.102. The van der Waals surface area contributed by atoms with Crippen LogP contribution in [0.1, 0.15) is 22.8 Å². The highest BCUT2D eigenvalue weighted by Gasteiger charge is 2.10. The molecule has 0 radical (unpaired) electrons. The number of anilines is 1. The quantitative estimate of drug-likeness (QED) is 0.701. The zero-order valence-electron chi connectivity index (χ0n) is 12.5. The highest BCUT2D eigenvalue weighted by molar-refractivity contribution is 7.14. The molecule has 0 bridgehead atoms. The standard InChI is InChI=1S/C18H15ClN2OS/c1-2-12-3-5-13(6-4-12)16-11-23-18(20-16)21-17(22)14-7-9-15(19)10-8-14/h3-11H,2H2,1H3,(H,20,21,22). The van der Waals surface area contributed by atoms with Crippen molar-refractivity contribution in [3.63, 3.8) is 0 Å². The number of hydrogen-bond acceptors (Lipinski definition) is 3. The van der Waals surface area contributed by atoms with Crippen LogP contribution in [0.5, 0.6) is 0 Å². The van der Waals surface area contributed by atoms with Crippen molar-refractivity contribution >= 4 is 34.0 Å². The van der Waals surface area contributed by atoms with E-state index in [1.54, 1.807) is 24.3 Å². The van der Waals surface area contributed by atoms with Gasteiger partial charge in [0.15, 0.2) is 5.13 Å². The molecule has 1 aromatic heterocycles. The molecule has 0 saturated heterocycles. The minimum Gasteiger partial charge on any atom is -0.298 e. The molecule has 1 amide bonds. The van der Waals surface area contributed by atoms with E-state index in [2.05, 4.69) is 41.5 Å². The van der Waals surface area contributed by atoms with Crippen LogP contribution in [0.25, 0.3) is 11.3 Å². The predicted molar refractivity (Wildman–Crippen MR) is 96.3 cm³/mol. The fraction of sp³-hybridized carbons (Fsp3) is 0.111. The molecule has 3 aromatic rings. The minimum atomic E-state index is -0.191. The number of hydrogen-bond donors (Lipinski definition) is 1. The Morgan fingerprint density at radius 3 is 2.48 bits per heavy atom. The van der Waals surface area contributed by atoms with Crippen molar-refractivity contribution in [2.24, 2.45) is 0 Å². The molecule has 3 rings (SSSR count). The predicted octanol–water partition coefficient (Wildman–Crippen LogP) is 5.28. The number of halogens is 1. The van der Waals surface area contributed by atoms with Crippen LogP contribution in [0.15, 0.2) is 53.9 Å². The van der Waals surface area contributed by atoms with Crippen molar-refractivity contribution in [2.75, 3.05) is 5.32 Å². The van der Waals surface area contributed by atoms with Crippen LogP contribution in [-0.4, -0.2) is 10.9 Å². The summed E-state index contributed by atoms with van der Waals surface area (Å²) in [7, 11) is 0. The van der Waals surface area contributed by atoms with Gasteiger partial charge in [0, 0.05) is 21.5 Å². The van der Waals surface area contributed by atoms with Crippen molar-refractivity contribution in [1.82, 2.24) is 4.98 Å². The first-order valence-corrected chi connectivity index (χ1v) is 8.53. The van der Waals surface area contributed by atoms with Crippen LogP contribution in [0.4, 0.5) is 5.13 Å². The largest absolute Gasteiger partial charge is 0.298 e. The maximum absolute atomic E-state index is 12.2. The van der Waals surface area contributed by atoms with Crippen LogP contribution >= 0.6 is 22.9 Å². The van der Waals surface area contributed by atoms with Crippen LogP contribution in [0.2, 0.25) is 5.02 Å². The number of carbonyl (C=O) groups is 1. The topological polar surface area (TPSA) is 42.0 Å². The lowest BCUT2D eigenvalue weighted by Crippen LogP contribution is -2.11. The highest BCUT2D eigenvalue weighted by Crippen LogP contribution is 2.25. The van der Waals surface area contributed by atoms with Gasteiger partial charge in [0.2, 0.25) is 0 Å². The molecule has 0 spiro atoms. The van der Waals surface area contributed by atoms with E-state index in [1.807, 2.05) is 5.38 Å². The summed E-state index contributed by atoms with van der Waals surface area (Å²) < 4.78 is 0. The number of benzene rings is 2. The Morgan fingerprint density at radius 2 is 1.83 bits per heavy atom. The first kappa shape index (κ1) is 15.7. The van der Waals surface area contributed by atoms with Crippen molar-refractivity contribution in [2.45, 2.75) is 13.3 Å². The number of thiazole rings is 1.